The van der Waals surface area contributed by atoms with Crippen molar-refractivity contribution in [2.45, 2.75) is 26.2 Å². The molecule has 1 saturated heterocycles. The Kier molecular flexibility index (Phi) is 3.23. The molecular weight excluding hydrogens is 240 g/mol. The predicted octanol–water partition coefficient (Wildman–Crippen LogP) is 2.02. The Morgan fingerprint density at radius 1 is 1.47 bits per heavy atom. The molecule has 6 nitrogen and oxygen atoms in total. The van der Waals surface area contributed by atoms with Crippen molar-refractivity contribution < 1.29 is 0 Å². The number of nitrogens with one attached hydrogen (secondary N) is 2. The molecule has 0 radical (unpaired) electrons. The molecule has 2 aromatic rings. The molecule has 1 unspecified atom stereocenters. The van der Waals surface area contributed by atoms with Crippen LogP contribution in [-0.4, -0.2) is 40.1 Å². The highest BCUT2D eigenvalue weighted by Gasteiger charge is 2.25. The summed E-state index contributed by atoms with van der Waals surface area (Å²) in [6.45, 7) is 4.40. The molecule has 1 fully saturated rings. The lowest BCUT2D eigenvalue weighted by Crippen LogP contribution is -2.22. The average molecular weight is 260 g/mol. The van der Waals surface area contributed by atoms with Gasteiger partial charge in [-0.15, -0.1) is 0 Å². The van der Waals surface area contributed by atoms with Crippen molar-refractivity contribution >= 4 is 22.9 Å². The van der Waals surface area contributed by atoms with Gasteiger partial charge in [-0.1, -0.05) is 13.3 Å². The van der Waals surface area contributed by atoms with Gasteiger partial charge in [-0.05, 0) is 18.8 Å². The Balaban J connectivity index is 1.93. The van der Waals surface area contributed by atoms with Gasteiger partial charge in [-0.25, -0.2) is 4.98 Å². The Bertz CT molecular complexity index is 563. The summed E-state index contributed by atoms with van der Waals surface area (Å²) in [4.78, 5) is 18.7. The number of imidazole rings is 1. The number of hydrogen-bond acceptors (Lipinski definition) is 5. The number of nitrogens with zero attached hydrogens (tertiary/aromatic N) is 4. The molecule has 1 aliphatic rings. The lowest BCUT2D eigenvalue weighted by atomic mass is 10.0. The standard InChI is InChI=1S/C13H20N6/c1-3-4-9-5-6-19(7-9)12-10-11(16-8-15-10)17-13(14-2)18-12/h8-9H,3-7H2,1-2H3,(H2,14,15,16,17,18). The van der Waals surface area contributed by atoms with Gasteiger partial charge in [0.05, 0.1) is 6.33 Å². The maximum absolute atomic E-state index is 4.60. The van der Waals surface area contributed by atoms with E-state index < -0.39 is 0 Å². The summed E-state index contributed by atoms with van der Waals surface area (Å²) in [7, 11) is 1.83. The van der Waals surface area contributed by atoms with Crippen molar-refractivity contribution in [3.8, 4) is 0 Å². The molecule has 1 atom stereocenters. The van der Waals surface area contributed by atoms with E-state index in [-0.39, 0.29) is 0 Å². The number of aromatic nitrogens is 4. The van der Waals surface area contributed by atoms with E-state index in [1.54, 1.807) is 6.33 Å². The predicted molar refractivity (Wildman–Crippen MR) is 76.5 cm³/mol. The Morgan fingerprint density at radius 2 is 2.37 bits per heavy atom. The van der Waals surface area contributed by atoms with Crippen LogP contribution in [0.25, 0.3) is 11.2 Å². The van der Waals surface area contributed by atoms with E-state index >= 15 is 0 Å². The first-order chi connectivity index (χ1) is 9.31. The van der Waals surface area contributed by atoms with Crippen molar-refractivity contribution in [1.29, 1.82) is 0 Å². The molecule has 0 amide bonds. The van der Waals surface area contributed by atoms with E-state index in [1.807, 2.05) is 7.05 Å². The monoisotopic (exact) mass is 260 g/mol. The molecule has 2 N–H and O–H groups in total. The molecule has 0 aliphatic carbocycles. The quantitative estimate of drug-likeness (QED) is 0.880. The van der Waals surface area contributed by atoms with Crippen LogP contribution in [0.5, 0.6) is 0 Å². The van der Waals surface area contributed by atoms with Crippen LogP contribution >= 0.6 is 0 Å². The third kappa shape index (κ3) is 2.22. The Labute approximate surface area is 112 Å². The third-order valence-electron chi connectivity index (χ3n) is 3.77. The number of fused-ring (bicyclic) bond motifs is 1. The first-order valence-corrected chi connectivity index (χ1v) is 6.95. The topological polar surface area (TPSA) is 69.7 Å². The molecule has 1 aliphatic heterocycles. The first kappa shape index (κ1) is 12.2. The third-order valence-corrected chi connectivity index (χ3v) is 3.77. The van der Waals surface area contributed by atoms with E-state index in [9.17, 15) is 0 Å². The molecule has 0 aromatic carbocycles. The van der Waals surface area contributed by atoms with Crippen LogP contribution in [0.3, 0.4) is 0 Å². The maximum Gasteiger partial charge on any atom is 0.226 e. The van der Waals surface area contributed by atoms with Gasteiger partial charge in [0, 0.05) is 20.1 Å². The fourth-order valence-corrected chi connectivity index (χ4v) is 2.83. The van der Waals surface area contributed by atoms with Gasteiger partial charge in [-0.2, -0.15) is 9.97 Å². The van der Waals surface area contributed by atoms with E-state index in [4.69, 9.17) is 0 Å². The van der Waals surface area contributed by atoms with Gasteiger partial charge in [0.1, 0.15) is 5.52 Å². The van der Waals surface area contributed by atoms with Gasteiger partial charge in [0.15, 0.2) is 11.5 Å². The molecule has 2 aromatic heterocycles. The summed E-state index contributed by atoms with van der Waals surface area (Å²) in [6, 6.07) is 0. The number of rotatable bonds is 4. The van der Waals surface area contributed by atoms with Crippen LogP contribution in [0.1, 0.15) is 26.2 Å². The van der Waals surface area contributed by atoms with Gasteiger partial charge in [0.25, 0.3) is 0 Å². The lowest BCUT2D eigenvalue weighted by molar-refractivity contribution is 0.529. The van der Waals surface area contributed by atoms with Crippen LogP contribution < -0.4 is 10.2 Å². The maximum atomic E-state index is 4.60. The van der Waals surface area contributed by atoms with Crippen LogP contribution in [0.15, 0.2) is 6.33 Å². The highest BCUT2D eigenvalue weighted by atomic mass is 15.3. The number of hydrogen-bond donors (Lipinski definition) is 2. The van der Waals surface area contributed by atoms with E-state index in [0.29, 0.717) is 5.95 Å². The molecule has 0 spiro atoms. The van der Waals surface area contributed by atoms with Crippen LogP contribution in [0, 0.1) is 5.92 Å². The molecule has 0 bridgehead atoms. The minimum absolute atomic E-state index is 0.633. The van der Waals surface area contributed by atoms with E-state index in [2.05, 4.69) is 37.1 Å². The molecular formula is C13H20N6. The van der Waals surface area contributed by atoms with Gasteiger partial charge in [0.2, 0.25) is 5.95 Å². The summed E-state index contributed by atoms with van der Waals surface area (Å²) >= 11 is 0. The highest BCUT2D eigenvalue weighted by Crippen LogP contribution is 2.29. The zero-order valence-corrected chi connectivity index (χ0v) is 11.5. The molecule has 3 rings (SSSR count). The van der Waals surface area contributed by atoms with Crippen molar-refractivity contribution in [2.24, 2.45) is 5.92 Å². The Morgan fingerprint density at radius 3 is 3.16 bits per heavy atom. The SMILES string of the molecule is CCCC1CCN(c2nc(NC)nc3nc[nH]c23)C1. The summed E-state index contributed by atoms with van der Waals surface area (Å²) in [6.07, 6.45) is 5.49. The smallest absolute Gasteiger partial charge is 0.226 e. The fourth-order valence-electron chi connectivity index (χ4n) is 2.83. The summed E-state index contributed by atoms with van der Waals surface area (Å²) in [5.74, 6) is 2.40. The van der Waals surface area contributed by atoms with Crippen molar-refractivity contribution in [3.63, 3.8) is 0 Å². The van der Waals surface area contributed by atoms with Crippen LogP contribution in [-0.2, 0) is 0 Å². The second kappa shape index (κ2) is 5.03. The molecule has 102 valence electrons. The molecule has 3 heterocycles. The summed E-state index contributed by atoms with van der Waals surface area (Å²) in [5, 5.41) is 3.01. The second-order valence-electron chi connectivity index (χ2n) is 5.11. The van der Waals surface area contributed by atoms with E-state index in [0.717, 1.165) is 36.0 Å². The first-order valence-electron chi connectivity index (χ1n) is 6.95. The zero-order chi connectivity index (χ0) is 13.2. The van der Waals surface area contributed by atoms with Gasteiger partial charge in [-0.3, -0.25) is 0 Å². The van der Waals surface area contributed by atoms with Crippen LogP contribution in [0.2, 0.25) is 0 Å². The molecule has 6 heteroatoms. The van der Waals surface area contributed by atoms with E-state index in [1.165, 1.54) is 19.3 Å². The number of H-pyrrole nitrogens is 1. The highest BCUT2D eigenvalue weighted by molar-refractivity contribution is 5.84. The largest absolute Gasteiger partial charge is 0.357 e. The zero-order valence-electron chi connectivity index (χ0n) is 11.5. The average Bonchev–Trinajstić information content (AvgIpc) is 3.06. The second-order valence-corrected chi connectivity index (χ2v) is 5.11. The van der Waals surface area contributed by atoms with Gasteiger partial charge >= 0.3 is 0 Å². The lowest BCUT2D eigenvalue weighted by Gasteiger charge is -2.18. The van der Waals surface area contributed by atoms with Crippen molar-refractivity contribution in [2.75, 3.05) is 30.4 Å². The molecule has 19 heavy (non-hydrogen) atoms. The van der Waals surface area contributed by atoms with Crippen molar-refractivity contribution in [1.82, 2.24) is 19.9 Å². The fraction of sp³-hybridized carbons (Fsp3) is 0.615. The minimum atomic E-state index is 0.633. The number of anilines is 2. The minimum Gasteiger partial charge on any atom is -0.357 e. The summed E-state index contributed by atoms with van der Waals surface area (Å²) in [5.41, 5.74) is 1.67. The Hall–Kier alpha value is -1.85. The number of aromatic amines is 1. The van der Waals surface area contributed by atoms with Crippen molar-refractivity contribution in [3.05, 3.63) is 6.33 Å². The summed E-state index contributed by atoms with van der Waals surface area (Å²) < 4.78 is 0. The van der Waals surface area contributed by atoms with Crippen LogP contribution in [0.4, 0.5) is 11.8 Å². The van der Waals surface area contributed by atoms with Gasteiger partial charge < -0.3 is 15.2 Å². The molecule has 0 saturated carbocycles. The normalized spacial score (nSPS) is 19.3.